The summed E-state index contributed by atoms with van der Waals surface area (Å²) in [7, 11) is 1.71. The highest BCUT2D eigenvalue weighted by atomic mass is 32.1. The molecule has 2 heterocycles. The number of benzene rings is 1. The van der Waals surface area contributed by atoms with Gasteiger partial charge in [-0.3, -0.25) is 10.1 Å². The molecule has 0 unspecified atom stereocenters. The Balaban J connectivity index is 1.53. The molecule has 26 heavy (non-hydrogen) atoms. The number of tetrazole rings is 1. The van der Waals surface area contributed by atoms with Gasteiger partial charge in [-0.2, -0.15) is 4.80 Å². The number of anilines is 1. The van der Waals surface area contributed by atoms with Gasteiger partial charge in [0.2, 0.25) is 5.82 Å². The molecule has 0 saturated carbocycles. The number of hydrogen-bond acceptors (Lipinski definition) is 7. The molecule has 0 spiro atoms. The van der Waals surface area contributed by atoms with Crippen LogP contribution in [-0.4, -0.2) is 37.7 Å². The Morgan fingerprint density at radius 3 is 2.58 bits per heavy atom. The maximum Gasteiger partial charge on any atom is 0.264 e. The molecule has 0 radical (unpaired) electrons. The topological polar surface area (TPSA) is 94.8 Å². The average molecular weight is 372 g/mol. The number of ether oxygens (including phenoxy) is 1. The second-order valence-electron chi connectivity index (χ2n) is 6.75. The molecular weight excluding hydrogens is 352 g/mol. The summed E-state index contributed by atoms with van der Waals surface area (Å²) in [6.45, 7) is 6.15. The van der Waals surface area contributed by atoms with E-state index in [0.29, 0.717) is 16.7 Å². The van der Waals surface area contributed by atoms with Crippen molar-refractivity contribution in [3.63, 3.8) is 0 Å². The van der Waals surface area contributed by atoms with Gasteiger partial charge in [0.1, 0.15) is 5.75 Å². The lowest BCUT2D eigenvalue weighted by molar-refractivity contribution is -0.118. The summed E-state index contributed by atoms with van der Waals surface area (Å²) in [6.07, 6.45) is 0. The van der Waals surface area contributed by atoms with Crippen molar-refractivity contribution >= 4 is 22.4 Å². The molecule has 1 amide bonds. The molecular formula is C17H20N6O2S. The molecule has 0 fully saturated rings. The highest BCUT2D eigenvalue weighted by molar-refractivity contribution is 7.13. The fourth-order valence-electron chi connectivity index (χ4n) is 2.08. The Labute approximate surface area is 155 Å². The van der Waals surface area contributed by atoms with Crippen LogP contribution in [0.3, 0.4) is 0 Å². The van der Waals surface area contributed by atoms with Crippen LogP contribution in [0.2, 0.25) is 0 Å². The average Bonchev–Trinajstić information content (AvgIpc) is 3.22. The van der Waals surface area contributed by atoms with Crippen LogP contribution in [0.25, 0.3) is 11.4 Å². The molecule has 0 atom stereocenters. The Morgan fingerprint density at radius 1 is 1.27 bits per heavy atom. The maximum atomic E-state index is 12.0. The summed E-state index contributed by atoms with van der Waals surface area (Å²) in [5.74, 6) is 0.872. The van der Waals surface area contributed by atoms with E-state index >= 15 is 0 Å². The number of carbonyl (C=O) groups excluding carboxylic acids is 1. The number of nitrogens with zero attached hydrogens (tertiary/aromatic N) is 5. The van der Waals surface area contributed by atoms with Gasteiger partial charge in [-0.25, -0.2) is 4.98 Å². The van der Waals surface area contributed by atoms with E-state index in [1.807, 2.05) is 17.5 Å². The van der Waals surface area contributed by atoms with E-state index in [4.69, 9.17) is 4.74 Å². The summed E-state index contributed by atoms with van der Waals surface area (Å²) in [4.78, 5) is 17.9. The second kappa shape index (κ2) is 7.20. The van der Waals surface area contributed by atoms with Crippen LogP contribution in [0.5, 0.6) is 5.75 Å². The minimum absolute atomic E-state index is 0.0459. The van der Waals surface area contributed by atoms with E-state index in [1.165, 1.54) is 16.1 Å². The van der Waals surface area contributed by atoms with Crippen molar-refractivity contribution in [1.82, 2.24) is 25.2 Å². The van der Waals surface area contributed by atoms with E-state index in [1.54, 1.807) is 19.2 Å². The third-order valence-corrected chi connectivity index (χ3v) is 4.27. The zero-order valence-electron chi connectivity index (χ0n) is 15.1. The summed E-state index contributed by atoms with van der Waals surface area (Å²) >= 11 is 1.41. The van der Waals surface area contributed by atoms with Gasteiger partial charge in [0, 0.05) is 16.4 Å². The fourth-order valence-corrected chi connectivity index (χ4v) is 3.03. The first-order valence-corrected chi connectivity index (χ1v) is 8.92. The van der Waals surface area contributed by atoms with Gasteiger partial charge in [0.15, 0.2) is 11.7 Å². The van der Waals surface area contributed by atoms with Gasteiger partial charge < -0.3 is 4.74 Å². The first-order valence-electron chi connectivity index (χ1n) is 8.04. The van der Waals surface area contributed by atoms with Crippen molar-refractivity contribution in [3.05, 3.63) is 35.3 Å². The summed E-state index contributed by atoms with van der Waals surface area (Å²) in [5, 5.41) is 17.2. The Morgan fingerprint density at radius 2 is 2.00 bits per heavy atom. The second-order valence-corrected chi connectivity index (χ2v) is 7.61. The third kappa shape index (κ3) is 4.42. The number of aromatic nitrogens is 5. The molecule has 3 aromatic rings. The molecule has 0 aliphatic carbocycles. The molecule has 0 saturated heterocycles. The zero-order chi connectivity index (χ0) is 18.7. The molecule has 0 aliphatic rings. The number of rotatable bonds is 5. The third-order valence-electron chi connectivity index (χ3n) is 3.51. The van der Waals surface area contributed by atoms with Crippen LogP contribution < -0.4 is 10.1 Å². The molecule has 3 rings (SSSR count). The normalized spacial score (nSPS) is 11.4. The van der Waals surface area contributed by atoms with E-state index in [9.17, 15) is 4.79 Å². The lowest BCUT2D eigenvalue weighted by Crippen LogP contribution is -2.20. The lowest BCUT2D eigenvalue weighted by Gasteiger charge is -2.14. The predicted molar refractivity (Wildman–Crippen MR) is 99.2 cm³/mol. The first kappa shape index (κ1) is 18.0. The lowest BCUT2D eigenvalue weighted by atomic mass is 9.93. The highest BCUT2D eigenvalue weighted by Crippen LogP contribution is 2.26. The van der Waals surface area contributed by atoms with E-state index < -0.39 is 0 Å². The zero-order valence-corrected chi connectivity index (χ0v) is 15.9. The van der Waals surface area contributed by atoms with Crippen molar-refractivity contribution in [1.29, 1.82) is 0 Å². The highest BCUT2D eigenvalue weighted by Gasteiger charge is 2.18. The number of aryl methyl sites for hydroxylation is 1. The van der Waals surface area contributed by atoms with Crippen LogP contribution in [0.15, 0.2) is 29.6 Å². The van der Waals surface area contributed by atoms with Crippen LogP contribution in [0.1, 0.15) is 26.5 Å². The fraction of sp³-hybridized carbons (Fsp3) is 0.353. The number of thiazole rings is 1. The van der Waals surface area contributed by atoms with E-state index in [-0.39, 0.29) is 17.9 Å². The standard InChI is InChI=1S/C17H20N6O2S/c1-17(2,3)13-10-26-16(18-13)19-14(24)9-25-12-7-5-11(6-8-12)15-20-22-23(4)21-15/h5-8,10H,9H2,1-4H3,(H,18,19,24). The van der Waals surface area contributed by atoms with Gasteiger partial charge in [-0.15, -0.1) is 21.5 Å². The summed E-state index contributed by atoms with van der Waals surface area (Å²) in [5.41, 5.74) is 1.73. The molecule has 9 heteroatoms. The largest absolute Gasteiger partial charge is 0.484 e. The number of hydrogen-bond donors (Lipinski definition) is 1. The van der Waals surface area contributed by atoms with Crippen molar-refractivity contribution in [2.45, 2.75) is 26.2 Å². The smallest absolute Gasteiger partial charge is 0.264 e. The van der Waals surface area contributed by atoms with E-state index in [0.717, 1.165) is 11.3 Å². The Bertz CT molecular complexity index is 895. The number of amides is 1. The molecule has 1 aromatic carbocycles. The summed E-state index contributed by atoms with van der Waals surface area (Å²) < 4.78 is 5.51. The van der Waals surface area contributed by atoms with Crippen molar-refractivity contribution < 1.29 is 9.53 Å². The monoisotopic (exact) mass is 372 g/mol. The Hall–Kier alpha value is -2.81. The Kier molecular flexibility index (Phi) is 4.99. The maximum absolute atomic E-state index is 12.0. The minimum atomic E-state index is -0.250. The van der Waals surface area contributed by atoms with Crippen LogP contribution in [0.4, 0.5) is 5.13 Å². The molecule has 1 N–H and O–H groups in total. The van der Waals surface area contributed by atoms with Crippen molar-refractivity contribution in [2.24, 2.45) is 7.05 Å². The molecule has 8 nitrogen and oxygen atoms in total. The van der Waals surface area contributed by atoms with Gasteiger partial charge in [0.25, 0.3) is 5.91 Å². The minimum Gasteiger partial charge on any atom is -0.484 e. The van der Waals surface area contributed by atoms with Gasteiger partial charge in [-0.05, 0) is 29.5 Å². The van der Waals surface area contributed by atoms with Gasteiger partial charge in [0.05, 0.1) is 12.7 Å². The molecule has 0 bridgehead atoms. The summed E-state index contributed by atoms with van der Waals surface area (Å²) in [6, 6.07) is 7.17. The van der Waals surface area contributed by atoms with E-state index in [2.05, 4.69) is 46.5 Å². The SMILES string of the molecule is Cn1nnc(-c2ccc(OCC(=O)Nc3nc(C(C)(C)C)cs3)cc2)n1. The van der Waals surface area contributed by atoms with Gasteiger partial charge in [-0.1, -0.05) is 20.8 Å². The quantitative estimate of drug-likeness (QED) is 0.740. The molecule has 0 aliphatic heterocycles. The number of nitrogens with one attached hydrogen (secondary N) is 1. The van der Waals surface area contributed by atoms with Crippen molar-refractivity contribution in [3.8, 4) is 17.1 Å². The molecule has 136 valence electrons. The van der Waals surface area contributed by atoms with Gasteiger partial charge >= 0.3 is 0 Å². The molecule has 2 aromatic heterocycles. The van der Waals surface area contributed by atoms with Crippen LogP contribution in [0, 0.1) is 0 Å². The van der Waals surface area contributed by atoms with Crippen LogP contribution in [-0.2, 0) is 17.3 Å². The number of carbonyl (C=O) groups is 1. The first-order chi connectivity index (χ1) is 12.3. The van der Waals surface area contributed by atoms with Crippen molar-refractivity contribution in [2.75, 3.05) is 11.9 Å². The van der Waals surface area contributed by atoms with Crippen LogP contribution >= 0.6 is 11.3 Å². The predicted octanol–water partition coefficient (Wildman–Crippen LogP) is 2.65.